The molecule has 4 aromatic carbocycles. The number of fused-ring (bicyclic) bond motifs is 6. The Morgan fingerprint density at radius 3 is 1.21 bits per heavy atom. The van der Waals surface area contributed by atoms with Crippen LogP contribution < -0.4 is 0 Å². The van der Waals surface area contributed by atoms with Gasteiger partial charge in [-0.25, -0.2) is 16.8 Å². The van der Waals surface area contributed by atoms with E-state index in [4.69, 9.17) is 9.47 Å². The molecule has 0 aliphatic carbocycles. The van der Waals surface area contributed by atoms with Gasteiger partial charge >= 0.3 is 0 Å². The second-order valence-electron chi connectivity index (χ2n) is 15.3. The van der Waals surface area contributed by atoms with Gasteiger partial charge in [-0.3, -0.25) is 0 Å². The number of epoxide rings is 2. The summed E-state index contributed by atoms with van der Waals surface area (Å²) >= 11 is 0. The zero-order valence-corrected chi connectivity index (χ0v) is 32.5. The highest BCUT2D eigenvalue weighted by molar-refractivity contribution is 7.91. The van der Waals surface area contributed by atoms with E-state index < -0.39 is 30.9 Å². The molecule has 6 atom stereocenters. The quantitative estimate of drug-likeness (QED) is 0.151. The van der Waals surface area contributed by atoms with E-state index in [1.54, 1.807) is 12.1 Å². The molecule has 0 bridgehead atoms. The maximum atomic E-state index is 13.3. The van der Waals surface area contributed by atoms with E-state index in [-0.39, 0.29) is 34.5 Å². The van der Waals surface area contributed by atoms with Crippen LogP contribution in [0, 0.1) is 10.8 Å². The smallest absolute Gasteiger partial charge is 0.179 e. The third-order valence-corrected chi connectivity index (χ3v) is 16.4. The first-order chi connectivity index (χ1) is 25.0. The van der Waals surface area contributed by atoms with Gasteiger partial charge in [0.15, 0.2) is 19.7 Å². The zero-order chi connectivity index (χ0) is 36.8. The molecule has 8 rings (SSSR count). The van der Waals surface area contributed by atoms with Gasteiger partial charge in [0.1, 0.15) is 23.4 Å². The average Bonchev–Trinajstić information content (AvgIpc) is 4.10. The van der Waals surface area contributed by atoms with E-state index in [2.05, 4.69) is 52.0 Å². The maximum Gasteiger partial charge on any atom is 0.179 e. The lowest BCUT2D eigenvalue weighted by Crippen LogP contribution is -2.36. The normalized spacial score (nSPS) is 31.5. The highest BCUT2D eigenvalue weighted by atomic mass is 32.2. The predicted molar refractivity (Wildman–Crippen MR) is 206 cm³/mol. The molecule has 4 aliphatic rings. The lowest BCUT2D eigenvalue weighted by Gasteiger charge is -2.31. The summed E-state index contributed by atoms with van der Waals surface area (Å²) in [6.07, 6.45) is 7.34. The van der Waals surface area contributed by atoms with Crippen LogP contribution in [0.1, 0.15) is 101 Å². The van der Waals surface area contributed by atoms with Gasteiger partial charge in [0.2, 0.25) is 0 Å². The highest BCUT2D eigenvalue weighted by Gasteiger charge is 2.71. The van der Waals surface area contributed by atoms with E-state index in [1.807, 2.05) is 72.8 Å². The number of hydrogen-bond donors (Lipinski definition) is 0. The standard InChI is InChI=1S/2C22H26O3S/c2*1-3-5-15-21(4-2)16-26(23,24)19-14-10-9-13-18(19)22(20(21)25-22)17-11-7-6-8-12-17/h2*6-14,20H,3-5,15-16H2,1-2H3/t20?,21-,22?;20?,21-,22-/m11/s1. The topological polar surface area (TPSA) is 93.3 Å². The molecule has 0 aromatic heterocycles. The summed E-state index contributed by atoms with van der Waals surface area (Å²) in [5.41, 5.74) is 1.78. The van der Waals surface area contributed by atoms with Crippen molar-refractivity contribution in [2.24, 2.45) is 10.8 Å². The fourth-order valence-electron chi connectivity index (χ4n) is 9.49. The van der Waals surface area contributed by atoms with Gasteiger partial charge < -0.3 is 9.47 Å². The van der Waals surface area contributed by atoms with Gasteiger partial charge in [0.25, 0.3) is 0 Å². The Kier molecular flexibility index (Phi) is 9.86. The minimum Gasteiger partial charge on any atom is -0.355 e. The minimum atomic E-state index is -3.36. The summed E-state index contributed by atoms with van der Waals surface area (Å²) in [4.78, 5) is 0.886. The average molecular weight is 741 g/mol. The SMILES string of the molecule is CCCC[C@]1(CC)CS(=O)(=O)c2ccccc2C2(c3ccccc3)OC21.CCCC[C@]1(CC)CS(=O)(=O)c2ccccc2[C@@]2(c3ccccc3)OC12. The lowest BCUT2D eigenvalue weighted by molar-refractivity contribution is 0.191. The molecule has 4 heterocycles. The van der Waals surface area contributed by atoms with Crippen LogP contribution in [0.3, 0.4) is 0 Å². The Hall–Kier alpha value is -3.30. The van der Waals surface area contributed by atoms with Crippen LogP contribution in [0.25, 0.3) is 0 Å². The van der Waals surface area contributed by atoms with E-state index in [9.17, 15) is 16.8 Å². The van der Waals surface area contributed by atoms with Crippen LogP contribution in [-0.4, -0.2) is 40.5 Å². The molecule has 0 N–H and O–H groups in total. The van der Waals surface area contributed by atoms with Crippen LogP contribution in [-0.2, 0) is 40.4 Å². The molecule has 6 nitrogen and oxygen atoms in total. The second-order valence-corrected chi connectivity index (χ2v) is 19.3. The number of ether oxygens (including phenoxy) is 2. The van der Waals surface area contributed by atoms with Crippen LogP contribution in [0.5, 0.6) is 0 Å². The van der Waals surface area contributed by atoms with Crippen LogP contribution in [0.4, 0.5) is 0 Å². The summed E-state index contributed by atoms with van der Waals surface area (Å²) in [5.74, 6) is 0.347. The monoisotopic (exact) mass is 740 g/mol. The van der Waals surface area contributed by atoms with Crippen molar-refractivity contribution in [2.75, 3.05) is 11.5 Å². The molecule has 0 radical (unpaired) electrons. The van der Waals surface area contributed by atoms with E-state index in [0.717, 1.165) is 73.6 Å². The van der Waals surface area contributed by atoms with Gasteiger partial charge in [-0.05, 0) is 48.9 Å². The summed E-state index contributed by atoms with van der Waals surface area (Å²) in [6, 6.07) is 35.1. The fourth-order valence-corrected chi connectivity index (χ4v) is 14.0. The van der Waals surface area contributed by atoms with Crippen LogP contribution >= 0.6 is 0 Å². The Morgan fingerprint density at radius 1 is 0.519 bits per heavy atom. The van der Waals surface area contributed by atoms with E-state index in [0.29, 0.717) is 9.79 Å². The number of rotatable bonds is 10. The van der Waals surface area contributed by atoms with Gasteiger partial charge in [0.05, 0.1) is 21.3 Å². The molecule has 4 aliphatic heterocycles. The van der Waals surface area contributed by atoms with Gasteiger partial charge in [-0.15, -0.1) is 0 Å². The first-order valence-electron chi connectivity index (χ1n) is 19.1. The van der Waals surface area contributed by atoms with Crippen molar-refractivity contribution < 1.29 is 26.3 Å². The number of unbranched alkanes of at least 4 members (excludes halogenated alkanes) is 2. The summed E-state index contributed by atoms with van der Waals surface area (Å²) in [7, 11) is -6.71. The molecule has 4 aromatic rings. The van der Waals surface area contributed by atoms with Crippen molar-refractivity contribution in [3.05, 3.63) is 131 Å². The molecule has 276 valence electrons. The van der Waals surface area contributed by atoms with Crippen molar-refractivity contribution in [3.8, 4) is 0 Å². The van der Waals surface area contributed by atoms with Gasteiger partial charge in [-0.2, -0.15) is 0 Å². The van der Waals surface area contributed by atoms with E-state index >= 15 is 0 Å². The third-order valence-electron chi connectivity index (χ3n) is 12.4. The molecule has 52 heavy (non-hydrogen) atoms. The van der Waals surface area contributed by atoms with Crippen LogP contribution in [0.15, 0.2) is 119 Å². The molecule has 2 fully saturated rings. The second kappa shape index (κ2) is 13.8. The molecule has 3 unspecified atom stereocenters. The summed E-state index contributed by atoms with van der Waals surface area (Å²) in [5, 5.41) is 0. The van der Waals surface area contributed by atoms with Gasteiger partial charge in [0, 0.05) is 22.0 Å². The Balaban J connectivity index is 0.000000162. The fraction of sp³-hybridized carbons (Fsp3) is 0.455. The Morgan fingerprint density at radius 2 is 0.865 bits per heavy atom. The van der Waals surface area contributed by atoms with Gasteiger partial charge in [-0.1, -0.05) is 150 Å². The van der Waals surface area contributed by atoms with E-state index in [1.165, 1.54) is 0 Å². The Labute approximate surface area is 310 Å². The maximum absolute atomic E-state index is 13.3. The molecule has 8 heteroatoms. The number of hydrogen-bond acceptors (Lipinski definition) is 6. The van der Waals surface area contributed by atoms with Crippen molar-refractivity contribution in [1.29, 1.82) is 0 Å². The lowest BCUT2D eigenvalue weighted by atomic mass is 9.71. The Bertz CT molecular complexity index is 1960. The summed E-state index contributed by atoms with van der Waals surface area (Å²) < 4.78 is 66.2. The minimum absolute atomic E-state index is 0.0904. The molecule has 0 spiro atoms. The highest BCUT2D eigenvalue weighted by Crippen LogP contribution is 2.65. The van der Waals surface area contributed by atoms with Crippen molar-refractivity contribution in [1.82, 2.24) is 0 Å². The molecular formula is C44H52O6S2. The third kappa shape index (κ3) is 5.89. The summed E-state index contributed by atoms with van der Waals surface area (Å²) in [6.45, 7) is 8.53. The first-order valence-corrected chi connectivity index (χ1v) is 22.4. The van der Waals surface area contributed by atoms with Crippen molar-refractivity contribution >= 4 is 19.7 Å². The van der Waals surface area contributed by atoms with Crippen LogP contribution in [0.2, 0.25) is 0 Å². The van der Waals surface area contributed by atoms with Crippen molar-refractivity contribution in [3.63, 3.8) is 0 Å². The molecule has 2 saturated heterocycles. The molecule has 0 amide bonds. The zero-order valence-electron chi connectivity index (χ0n) is 30.9. The largest absolute Gasteiger partial charge is 0.355 e. The number of benzene rings is 4. The molecular weight excluding hydrogens is 689 g/mol. The first kappa shape index (κ1) is 37.0. The predicted octanol–water partition coefficient (Wildman–Crippen LogP) is 9.41. The van der Waals surface area contributed by atoms with Crippen molar-refractivity contribution in [2.45, 2.75) is 112 Å². The molecule has 0 saturated carbocycles. The number of sulfone groups is 2.